The van der Waals surface area contributed by atoms with Crippen molar-refractivity contribution in [3.63, 3.8) is 0 Å². The van der Waals surface area contributed by atoms with Crippen molar-refractivity contribution < 1.29 is 23.9 Å². The van der Waals surface area contributed by atoms with E-state index in [4.69, 9.17) is 14.3 Å². The van der Waals surface area contributed by atoms with Crippen LogP contribution >= 0.6 is 0 Å². The number of para-hydroxylation sites is 1. The first-order valence-electron chi connectivity index (χ1n) is 10.5. The maximum absolute atomic E-state index is 14.0. The van der Waals surface area contributed by atoms with E-state index in [1.807, 2.05) is 31.2 Å². The van der Waals surface area contributed by atoms with Gasteiger partial charge in [-0.05, 0) is 31.2 Å². The van der Waals surface area contributed by atoms with Crippen LogP contribution in [-0.4, -0.2) is 31.6 Å². The van der Waals surface area contributed by atoms with Gasteiger partial charge in [0.25, 0.3) is 11.5 Å². The molecule has 2 atom stereocenters. The number of Topliss-reactive ketones (excluding diaryl/α,β-unsaturated/α-hetero) is 1. The minimum atomic E-state index is -1.62. The number of methoxy groups -OCH3 is 2. The molecule has 0 bridgehead atoms. The number of carbonyl (C=O) groups is 2. The van der Waals surface area contributed by atoms with Crippen LogP contribution in [0.2, 0.25) is 0 Å². The topological polar surface area (TPSA) is 86.2 Å². The summed E-state index contributed by atoms with van der Waals surface area (Å²) in [6.45, 7) is 1.95. The molecule has 2 heterocycles. The molecular formula is C26H22N2O5. The van der Waals surface area contributed by atoms with Gasteiger partial charge in [0.05, 0.1) is 14.2 Å². The number of ketones is 1. The number of rotatable bonds is 5. The Morgan fingerprint density at radius 3 is 2.52 bits per heavy atom. The Morgan fingerprint density at radius 1 is 1.03 bits per heavy atom. The summed E-state index contributed by atoms with van der Waals surface area (Å²) in [6, 6.07) is 19.6. The van der Waals surface area contributed by atoms with E-state index in [1.54, 1.807) is 49.6 Å². The lowest BCUT2D eigenvalue weighted by Gasteiger charge is -2.27. The standard InChI is InChI=1S/C26H22N2O5/c1-15-8-10-16(11-9-15)24(29)22-23(18-14-17(31-2)12-13-21(18)32-3)28-33-26(22)19-6-4-5-7-20(19)27-25(26)30/h4-14,22H,1-3H3,(H,27,30)/t22-,26-/m1/s1. The highest BCUT2D eigenvalue weighted by atomic mass is 16.7. The number of benzene rings is 3. The fourth-order valence-corrected chi connectivity index (χ4v) is 4.46. The van der Waals surface area contributed by atoms with Gasteiger partial charge in [0.2, 0.25) is 0 Å². The van der Waals surface area contributed by atoms with Crippen molar-refractivity contribution in [2.24, 2.45) is 11.1 Å². The molecule has 0 aliphatic carbocycles. The Labute approximate surface area is 191 Å². The lowest BCUT2D eigenvalue weighted by atomic mass is 9.74. The largest absolute Gasteiger partial charge is 0.497 e. The van der Waals surface area contributed by atoms with Gasteiger partial charge < -0.3 is 19.6 Å². The van der Waals surface area contributed by atoms with Crippen molar-refractivity contribution >= 4 is 23.1 Å². The van der Waals surface area contributed by atoms with Crippen LogP contribution in [0.5, 0.6) is 11.5 Å². The van der Waals surface area contributed by atoms with Crippen LogP contribution in [0.4, 0.5) is 5.69 Å². The average Bonchev–Trinajstić information content (AvgIpc) is 3.37. The highest BCUT2D eigenvalue weighted by molar-refractivity contribution is 6.25. The lowest BCUT2D eigenvalue weighted by Crippen LogP contribution is -2.46. The summed E-state index contributed by atoms with van der Waals surface area (Å²) < 4.78 is 10.9. The maximum Gasteiger partial charge on any atom is 0.277 e. The number of oxime groups is 1. The zero-order valence-corrected chi connectivity index (χ0v) is 18.4. The predicted molar refractivity (Wildman–Crippen MR) is 123 cm³/mol. The number of carbonyl (C=O) groups excluding carboxylic acids is 2. The summed E-state index contributed by atoms with van der Waals surface area (Å²) in [5.41, 5.74) is 1.86. The molecule has 0 unspecified atom stereocenters. The van der Waals surface area contributed by atoms with Crippen molar-refractivity contribution in [3.05, 3.63) is 89.0 Å². The highest BCUT2D eigenvalue weighted by Gasteiger charge is 2.63. The van der Waals surface area contributed by atoms with E-state index < -0.39 is 17.4 Å². The molecule has 0 saturated carbocycles. The predicted octanol–water partition coefficient (Wildman–Crippen LogP) is 4.09. The number of nitrogens with one attached hydrogen (secondary N) is 1. The van der Waals surface area contributed by atoms with Gasteiger partial charge in [0, 0.05) is 22.4 Å². The molecule has 1 amide bonds. The molecule has 33 heavy (non-hydrogen) atoms. The van der Waals surface area contributed by atoms with Gasteiger partial charge in [0.1, 0.15) is 23.1 Å². The Bertz CT molecular complexity index is 1300. The molecule has 0 saturated heterocycles. The second kappa shape index (κ2) is 7.78. The second-order valence-electron chi connectivity index (χ2n) is 8.03. The number of hydrogen-bond acceptors (Lipinski definition) is 6. The third kappa shape index (κ3) is 3.08. The van der Waals surface area contributed by atoms with Crippen LogP contribution in [0.15, 0.2) is 71.9 Å². The highest BCUT2D eigenvalue weighted by Crippen LogP contribution is 2.50. The summed E-state index contributed by atoms with van der Waals surface area (Å²) in [5.74, 6) is -0.696. The van der Waals surface area contributed by atoms with Crippen molar-refractivity contribution in [3.8, 4) is 11.5 Å². The van der Waals surface area contributed by atoms with Crippen LogP contribution in [0.3, 0.4) is 0 Å². The van der Waals surface area contributed by atoms with E-state index in [2.05, 4.69) is 10.5 Å². The van der Waals surface area contributed by atoms with Crippen LogP contribution in [0.25, 0.3) is 0 Å². The number of hydrogen-bond donors (Lipinski definition) is 1. The first-order valence-corrected chi connectivity index (χ1v) is 10.5. The first-order chi connectivity index (χ1) is 16.0. The van der Waals surface area contributed by atoms with Gasteiger partial charge in [-0.3, -0.25) is 9.59 Å². The SMILES string of the molecule is COc1ccc(OC)c(C2=NO[C@@]3(C(=O)Nc4ccccc43)[C@H]2C(=O)c2ccc(C)cc2)c1. The van der Waals surface area contributed by atoms with Crippen LogP contribution in [0.1, 0.15) is 27.0 Å². The molecule has 0 radical (unpaired) electrons. The Kier molecular flexibility index (Phi) is 4.89. The van der Waals surface area contributed by atoms with E-state index >= 15 is 0 Å². The molecule has 1 N–H and O–H groups in total. The van der Waals surface area contributed by atoms with Crippen molar-refractivity contribution in [2.75, 3.05) is 19.5 Å². The van der Waals surface area contributed by atoms with Gasteiger partial charge in [-0.15, -0.1) is 0 Å². The van der Waals surface area contributed by atoms with Crippen LogP contribution in [-0.2, 0) is 15.2 Å². The molecule has 7 heteroatoms. The van der Waals surface area contributed by atoms with Gasteiger partial charge in [-0.2, -0.15) is 0 Å². The van der Waals surface area contributed by atoms with E-state index in [0.717, 1.165) is 5.56 Å². The molecule has 3 aromatic carbocycles. The zero-order chi connectivity index (χ0) is 23.2. The molecule has 166 valence electrons. The fraction of sp³-hybridized carbons (Fsp3) is 0.192. The van der Waals surface area contributed by atoms with E-state index in [0.29, 0.717) is 39.6 Å². The van der Waals surface area contributed by atoms with Gasteiger partial charge in [0.15, 0.2) is 5.78 Å². The Morgan fingerprint density at radius 2 is 1.79 bits per heavy atom. The van der Waals surface area contributed by atoms with E-state index in [9.17, 15) is 9.59 Å². The van der Waals surface area contributed by atoms with Crippen molar-refractivity contribution in [1.82, 2.24) is 0 Å². The minimum Gasteiger partial charge on any atom is -0.497 e. The number of aryl methyl sites for hydroxylation is 1. The van der Waals surface area contributed by atoms with Crippen LogP contribution in [0, 0.1) is 12.8 Å². The lowest BCUT2D eigenvalue weighted by molar-refractivity contribution is -0.140. The smallest absolute Gasteiger partial charge is 0.277 e. The maximum atomic E-state index is 14.0. The average molecular weight is 442 g/mol. The summed E-state index contributed by atoms with van der Waals surface area (Å²) in [4.78, 5) is 33.3. The van der Waals surface area contributed by atoms with Crippen molar-refractivity contribution in [2.45, 2.75) is 12.5 Å². The fourth-order valence-electron chi connectivity index (χ4n) is 4.46. The Hall–Kier alpha value is -4.13. The summed E-state index contributed by atoms with van der Waals surface area (Å²) in [7, 11) is 3.08. The molecule has 2 aliphatic heterocycles. The molecule has 7 nitrogen and oxygen atoms in total. The molecule has 0 aromatic heterocycles. The molecular weight excluding hydrogens is 420 g/mol. The summed E-state index contributed by atoms with van der Waals surface area (Å²) in [5, 5.41) is 7.17. The quantitative estimate of drug-likeness (QED) is 0.602. The van der Waals surface area contributed by atoms with E-state index in [1.165, 1.54) is 7.11 Å². The molecule has 1 spiro atoms. The van der Waals surface area contributed by atoms with Crippen molar-refractivity contribution in [1.29, 1.82) is 0 Å². The number of nitrogens with zero attached hydrogens (tertiary/aromatic N) is 1. The number of anilines is 1. The third-order valence-electron chi connectivity index (χ3n) is 6.16. The number of amides is 1. The third-order valence-corrected chi connectivity index (χ3v) is 6.16. The normalized spacial score (nSPS) is 20.6. The van der Waals surface area contributed by atoms with Gasteiger partial charge >= 0.3 is 0 Å². The van der Waals surface area contributed by atoms with Crippen LogP contribution < -0.4 is 14.8 Å². The monoisotopic (exact) mass is 442 g/mol. The number of ether oxygens (including phenoxy) is 2. The van der Waals surface area contributed by atoms with Gasteiger partial charge in [-0.1, -0.05) is 53.2 Å². The van der Waals surface area contributed by atoms with Gasteiger partial charge in [-0.25, -0.2) is 0 Å². The molecule has 0 fully saturated rings. The summed E-state index contributed by atoms with van der Waals surface area (Å²) in [6.07, 6.45) is 0. The zero-order valence-electron chi connectivity index (χ0n) is 18.4. The molecule has 2 aliphatic rings. The molecule has 3 aromatic rings. The summed E-state index contributed by atoms with van der Waals surface area (Å²) >= 11 is 0. The Balaban J connectivity index is 1.72. The number of fused-ring (bicyclic) bond motifs is 2. The first kappa shape index (κ1) is 20.8. The van der Waals surface area contributed by atoms with E-state index in [-0.39, 0.29) is 5.78 Å². The second-order valence-corrected chi connectivity index (χ2v) is 8.03. The minimum absolute atomic E-state index is 0.275. The molecule has 5 rings (SSSR count).